The SMILES string of the molecule is CC1(C)C(C(=O)Nc2cc3cc(N4CCN([C@]5(C)COC[C@@H]5O)CC4)c(Cl)cc3cn2)C1C1CCCCO1. The van der Waals surface area contributed by atoms with E-state index >= 15 is 0 Å². The number of amides is 1. The molecule has 0 radical (unpaired) electrons. The first-order chi connectivity index (χ1) is 18.2. The van der Waals surface area contributed by atoms with Crippen molar-refractivity contribution in [1.29, 1.82) is 0 Å². The molecular weight excluding hydrogens is 504 g/mol. The van der Waals surface area contributed by atoms with Crippen molar-refractivity contribution in [3.05, 3.63) is 29.4 Å². The van der Waals surface area contributed by atoms with Gasteiger partial charge in [-0.1, -0.05) is 25.4 Å². The Balaban J connectivity index is 1.15. The van der Waals surface area contributed by atoms with E-state index in [1.165, 1.54) is 6.42 Å². The number of benzene rings is 1. The Kier molecular flexibility index (Phi) is 6.84. The molecule has 6 rings (SSSR count). The average molecular weight is 543 g/mol. The average Bonchev–Trinajstić information content (AvgIpc) is 3.34. The highest BCUT2D eigenvalue weighted by Crippen LogP contribution is 2.61. The van der Waals surface area contributed by atoms with Crippen LogP contribution in [0.2, 0.25) is 5.02 Å². The predicted octanol–water partition coefficient (Wildman–Crippen LogP) is 3.94. The number of hydrogen-bond acceptors (Lipinski definition) is 7. The zero-order valence-corrected chi connectivity index (χ0v) is 23.3. The van der Waals surface area contributed by atoms with E-state index in [0.717, 1.165) is 62.1 Å². The van der Waals surface area contributed by atoms with Crippen LogP contribution in [-0.4, -0.2) is 84.6 Å². The highest BCUT2D eigenvalue weighted by Gasteiger charge is 2.64. The van der Waals surface area contributed by atoms with Crippen LogP contribution in [0.1, 0.15) is 40.0 Å². The molecule has 8 nitrogen and oxygen atoms in total. The van der Waals surface area contributed by atoms with Gasteiger partial charge in [0.1, 0.15) is 5.82 Å². The van der Waals surface area contributed by atoms with E-state index in [1.807, 2.05) is 12.1 Å². The Labute approximate surface area is 229 Å². The number of hydrogen-bond donors (Lipinski definition) is 2. The molecule has 38 heavy (non-hydrogen) atoms. The van der Waals surface area contributed by atoms with Gasteiger partial charge in [0.25, 0.3) is 0 Å². The molecule has 1 aliphatic carbocycles. The molecule has 1 aromatic heterocycles. The van der Waals surface area contributed by atoms with Crippen LogP contribution in [0.5, 0.6) is 0 Å². The second kappa shape index (κ2) is 9.89. The smallest absolute Gasteiger partial charge is 0.229 e. The number of halogens is 1. The van der Waals surface area contributed by atoms with E-state index < -0.39 is 6.10 Å². The number of aliphatic hydroxyl groups is 1. The minimum Gasteiger partial charge on any atom is -0.389 e. The molecule has 2 N–H and O–H groups in total. The molecule has 3 unspecified atom stereocenters. The van der Waals surface area contributed by atoms with Gasteiger partial charge in [0, 0.05) is 56.2 Å². The zero-order valence-electron chi connectivity index (χ0n) is 22.6. The minimum atomic E-state index is -0.467. The standard InChI is InChI=1S/C29H39ClN4O4/c1-28(2)25(22-6-4-5-11-38-22)26(28)27(36)32-24-14-18-13-21(20(30)12-19(18)15-31-24)33-7-9-34(10-8-33)29(3)17-37-16-23(29)35/h12-15,22-23,25-26,35H,4-11,16-17H2,1-3H3,(H,31,32,36)/t22?,23-,25?,26?,29+/m0/s1. The number of piperazine rings is 1. The lowest BCUT2D eigenvalue weighted by molar-refractivity contribution is -0.118. The van der Waals surface area contributed by atoms with Crippen LogP contribution < -0.4 is 10.2 Å². The molecule has 9 heteroatoms. The Morgan fingerprint density at radius 2 is 1.92 bits per heavy atom. The molecule has 4 fully saturated rings. The summed E-state index contributed by atoms with van der Waals surface area (Å²) in [5.41, 5.74) is 0.577. The molecule has 1 aromatic carbocycles. The summed E-state index contributed by atoms with van der Waals surface area (Å²) >= 11 is 6.72. The van der Waals surface area contributed by atoms with Gasteiger partial charge in [-0.15, -0.1) is 0 Å². The van der Waals surface area contributed by atoms with E-state index in [2.05, 4.69) is 46.9 Å². The summed E-state index contributed by atoms with van der Waals surface area (Å²) in [6.45, 7) is 11.4. The van der Waals surface area contributed by atoms with Crippen LogP contribution in [0.25, 0.3) is 10.8 Å². The van der Waals surface area contributed by atoms with Crippen molar-refractivity contribution in [1.82, 2.24) is 9.88 Å². The van der Waals surface area contributed by atoms with Crippen molar-refractivity contribution in [3.63, 3.8) is 0 Å². The summed E-state index contributed by atoms with van der Waals surface area (Å²) in [6, 6.07) is 5.99. The molecule has 0 bridgehead atoms. The third kappa shape index (κ3) is 4.58. The van der Waals surface area contributed by atoms with Gasteiger partial charge in [-0.3, -0.25) is 9.69 Å². The van der Waals surface area contributed by atoms with Crippen molar-refractivity contribution in [3.8, 4) is 0 Å². The number of rotatable bonds is 5. The molecule has 3 saturated heterocycles. The van der Waals surface area contributed by atoms with Gasteiger partial charge in [-0.25, -0.2) is 4.98 Å². The number of nitrogens with zero attached hydrogens (tertiary/aromatic N) is 3. The van der Waals surface area contributed by atoms with Gasteiger partial charge < -0.3 is 24.8 Å². The molecule has 3 aliphatic heterocycles. The quantitative estimate of drug-likeness (QED) is 0.592. The number of fused-ring (bicyclic) bond motifs is 1. The van der Waals surface area contributed by atoms with Crippen molar-refractivity contribution in [2.24, 2.45) is 17.3 Å². The minimum absolute atomic E-state index is 0.0258. The summed E-state index contributed by atoms with van der Waals surface area (Å²) in [5.74, 6) is 0.782. The zero-order chi connectivity index (χ0) is 26.7. The van der Waals surface area contributed by atoms with Crippen molar-refractivity contribution in [2.45, 2.75) is 57.8 Å². The first-order valence-corrected chi connectivity index (χ1v) is 14.3. The molecule has 5 atom stereocenters. The number of carbonyl (C=O) groups is 1. The highest BCUT2D eigenvalue weighted by atomic mass is 35.5. The maximum absolute atomic E-state index is 13.3. The monoisotopic (exact) mass is 542 g/mol. The van der Waals surface area contributed by atoms with Crippen molar-refractivity contribution >= 4 is 39.8 Å². The topological polar surface area (TPSA) is 87.2 Å². The van der Waals surface area contributed by atoms with Crippen LogP contribution in [0.4, 0.5) is 11.5 Å². The van der Waals surface area contributed by atoms with Crippen LogP contribution in [0.3, 0.4) is 0 Å². The summed E-state index contributed by atoms with van der Waals surface area (Å²) in [5, 5.41) is 16.1. The Morgan fingerprint density at radius 1 is 1.13 bits per heavy atom. The fourth-order valence-corrected chi connectivity index (χ4v) is 7.29. The first-order valence-electron chi connectivity index (χ1n) is 14.0. The molecular formula is C29H39ClN4O4. The number of aromatic nitrogens is 1. The second-order valence-electron chi connectivity index (χ2n) is 12.3. The summed E-state index contributed by atoms with van der Waals surface area (Å²) < 4.78 is 11.6. The highest BCUT2D eigenvalue weighted by molar-refractivity contribution is 6.34. The third-order valence-corrected chi connectivity index (χ3v) is 9.88. The number of aliphatic hydroxyl groups excluding tert-OH is 1. The predicted molar refractivity (Wildman–Crippen MR) is 149 cm³/mol. The molecule has 4 heterocycles. The van der Waals surface area contributed by atoms with E-state index in [1.54, 1.807) is 6.20 Å². The molecule has 2 aromatic rings. The van der Waals surface area contributed by atoms with Gasteiger partial charge in [0.05, 0.1) is 41.7 Å². The van der Waals surface area contributed by atoms with Crippen molar-refractivity contribution in [2.75, 3.05) is 56.2 Å². The summed E-state index contributed by atoms with van der Waals surface area (Å²) in [7, 11) is 0. The molecule has 4 aliphatic rings. The van der Waals surface area contributed by atoms with Crippen LogP contribution >= 0.6 is 11.6 Å². The van der Waals surface area contributed by atoms with E-state index in [4.69, 9.17) is 21.1 Å². The maximum Gasteiger partial charge on any atom is 0.229 e. The Morgan fingerprint density at radius 3 is 2.61 bits per heavy atom. The van der Waals surface area contributed by atoms with Gasteiger partial charge in [0.2, 0.25) is 5.91 Å². The molecule has 0 spiro atoms. The maximum atomic E-state index is 13.3. The lowest BCUT2D eigenvalue weighted by Crippen LogP contribution is -2.60. The summed E-state index contributed by atoms with van der Waals surface area (Å²) in [6.07, 6.45) is 4.81. The van der Waals surface area contributed by atoms with Gasteiger partial charge in [-0.05, 0) is 55.2 Å². The molecule has 1 saturated carbocycles. The second-order valence-corrected chi connectivity index (χ2v) is 12.7. The van der Waals surface area contributed by atoms with Crippen LogP contribution in [0, 0.1) is 17.3 Å². The third-order valence-electron chi connectivity index (χ3n) is 9.58. The fraction of sp³-hybridized carbons (Fsp3) is 0.655. The molecule has 206 valence electrons. The fourth-order valence-electron chi connectivity index (χ4n) is 7.00. The van der Waals surface area contributed by atoms with E-state index in [9.17, 15) is 9.90 Å². The number of anilines is 2. The van der Waals surface area contributed by atoms with Crippen molar-refractivity contribution < 1.29 is 19.4 Å². The van der Waals surface area contributed by atoms with E-state index in [0.29, 0.717) is 24.1 Å². The number of pyridine rings is 1. The lowest BCUT2D eigenvalue weighted by atomic mass is 9.95. The Bertz CT molecular complexity index is 1210. The van der Waals surface area contributed by atoms with Gasteiger partial charge in [0.15, 0.2) is 0 Å². The number of carbonyl (C=O) groups excluding carboxylic acids is 1. The normalized spacial score (nSPS) is 33.4. The van der Waals surface area contributed by atoms with Gasteiger partial charge >= 0.3 is 0 Å². The van der Waals surface area contributed by atoms with Crippen LogP contribution in [0.15, 0.2) is 24.4 Å². The summed E-state index contributed by atoms with van der Waals surface area (Å²) in [4.78, 5) is 22.4. The van der Waals surface area contributed by atoms with Gasteiger partial charge in [-0.2, -0.15) is 0 Å². The first kappa shape index (κ1) is 26.3. The van der Waals surface area contributed by atoms with Crippen LogP contribution in [-0.2, 0) is 14.3 Å². The number of nitrogens with one attached hydrogen (secondary N) is 1. The number of ether oxygens (including phenoxy) is 2. The Hall–Kier alpha value is -1.97. The largest absolute Gasteiger partial charge is 0.389 e. The van der Waals surface area contributed by atoms with E-state index in [-0.39, 0.29) is 34.8 Å². The molecule has 1 amide bonds. The lowest BCUT2D eigenvalue weighted by Gasteiger charge is -2.45.